The molecular weight excluding hydrogens is 374 g/mol. The summed E-state index contributed by atoms with van der Waals surface area (Å²) in [4.78, 5) is 13.5. The predicted molar refractivity (Wildman–Crippen MR) is 111 cm³/mol. The van der Waals surface area contributed by atoms with Crippen molar-refractivity contribution in [1.82, 2.24) is 9.62 Å². The molecule has 1 amide bonds. The third-order valence-electron chi connectivity index (χ3n) is 5.24. The molecule has 1 fully saturated rings. The lowest BCUT2D eigenvalue weighted by Gasteiger charge is -2.31. The molecule has 0 unspecified atom stereocenters. The van der Waals surface area contributed by atoms with Gasteiger partial charge < -0.3 is 10.2 Å². The summed E-state index contributed by atoms with van der Waals surface area (Å²) in [6.45, 7) is 7.52. The minimum Gasteiger partial charge on any atom is -0.351 e. The van der Waals surface area contributed by atoms with E-state index in [1.807, 2.05) is 30.3 Å². The Morgan fingerprint density at radius 3 is 2.46 bits per heavy atom. The van der Waals surface area contributed by atoms with Crippen LogP contribution in [0.3, 0.4) is 0 Å². The van der Waals surface area contributed by atoms with Gasteiger partial charge >= 0.3 is 0 Å². The first-order valence-corrected chi connectivity index (χ1v) is 11.4. The highest BCUT2D eigenvalue weighted by Crippen LogP contribution is 2.21. The molecule has 0 atom stereocenters. The van der Waals surface area contributed by atoms with Gasteiger partial charge in [0.2, 0.25) is 10.0 Å². The van der Waals surface area contributed by atoms with Crippen LogP contribution in [0.2, 0.25) is 0 Å². The number of benzene rings is 2. The molecule has 2 aromatic rings. The highest BCUT2D eigenvalue weighted by Gasteiger charge is 2.31. The number of carbonyl (C=O) groups is 1. The quantitative estimate of drug-likeness (QED) is 0.720. The van der Waals surface area contributed by atoms with Crippen molar-refractivity contribution in [2.24, 2.45) is 5.92 Å². The van der Waals surface area contributed by atoms with Crippen molar-refractivity contribution in [3.05, 3.63) is 42.5 Å². The summed E-state index contributed by atoms with van der Waals surface area (Å²) in [7, 11) is -3.51. The average Bonchev–Trinajstić information content (AvgIpc) is 2.67. The lowest BCUT2D eigenvalue weighted by molar-refractivity contribution is -0.895. The molecule has 2 N–H and O–H groups in total. The van der Waals surface area contributed by atoms with E-state index in [9.17, 15) is 13.2 Å². The summed E-state index contributed by atoms with van der Waals surface area (Å²) in [6, 6.07) is 13.0. The maximum absolute atomic E-state index is 13.0. The first kappa shape index (κ1) is 20.8. The Morgan fingerprint density at radius 2 is 1.79 bits per heavy atom. The van der Waals surface area contributed by atoms with Crippen LogP contribution in [0.5, 0.6) is 0 Å². The number of nitrogens with one attached hydrogen (secondary N) is 2. The van der Waals surface area contributed by atoms with E-state index in [0.29, 0.717) is 50.1 Å². The van der Waals surface area contributed by atoms with Crippen LogP contribution in [0.15, 0.2) is 47.4 Å². The van der Waals surface area contributed by atoms with Crippen molar-refractivity contribution < 1.29 is 18.1 Å². The van der Waals surface area contributed by atoms with Crippen LogP contribution in [-0.2, 0) is 14.8 Å². The fourth-order valence-electron chi connectivity index (χ4n) is 3.49. The number of hydrogen-bond acceptors (Lipinski definition) is 3. The molecule has 152 valence electrons. The molecule has 7 heteroatoms. The molecule has 0 saturated carbocycles. The Bertz CT molecular complexity index is 919. The van der Waals surface area contributed by atoms with Crippen LogP contribution in [-0.4, -0.2) is 57.9 Å². The number of sulfonamides is 1. The van der Waals surface area contributed by atoms with Gasteiger partial charge in [-0.2, -0.15) is 4.31 Å². The third-order valence-corrected chi connectivity index (χ3v) is 7.14. The molecule has 0 radical (unpaired) electrons. The maximum Gasteiger partial charge on any atom is 0.275 e. The number of rotatable bonds is 7. The zero-order chi connectivity index (χ0) is 20.1. The minimum atomic E-state index is -3.51. The normalized spacial score (nSPS) is 16.5. The second-order valence-electron chi connectivity index (χ2n) is 7.87. The van der Waals surface area contributed by atoms with Crippen molar-refractivity contribution in [2.45, 2.75) is 25.2 Å². The summed E-state index contributed by atoms with van der Waals surface area (Å²) in [5.41, 5.74) is 0. The number of amides is 1. The van der Waals surface area contributed by atoms with Gasteiger partial charge in [0, 0.05) is 6.54 Å². The molecule has 2 aromatic carbocycles. The van der Waals surface area contributed by atoms with E-state index < -0.39 is 10.0 Å². The van der Waals surface area contributed by atoms with Gasteiger partial charge in [-0.3, -0.25) is 4.79 Å². The van der Waals surface area contributed by atoms with E-state index in [0.717, 1.165) is 22.1 Å². The zero-order valence-electron chi connectivity index (χ0n) is 16.6. The lowest BCUT2D eigenvalue weighted by atomic mass is 10.1. The van der Waals surface area contributed by atoms with Gasteiger partial charge in [-0.15, -0.1) is 0 Å². The van der Waals surface area contributed by atoms with E-state index in [4.69, 9.17) is 0 Å². The molecule has 0 aliphatic carbocycles. The molecule has 0 aromatic heterocycles. The Hall–Kier alpha value is -1.96. The number of nitrogens with zero attached hydrogens (tertiary/aromatic N) is 1. The van der Waals surface area contributed by atoms with E-state index in [1.54, 1.807) is 12.1 Å². The smallest absolute Gasteiger partial charge is 0.275 e. The van der Waals surface area contributed by atoms with Crippen LogP contribution in [0.1, 0.15) is 20.3 Å². The number of fused-ring (bicyclic) bond motifs is 1. The van der Waals surface area contributed by atoms with Crippen LogP contribution < -0.4 is 10.2 Å². The topological polar surface area (TPSA) is 70.9 Å². The van der Waals surface area contributed by atoms with E-state index in [2.05, 4.69) is 19.2 Å². The highest BCUT2D eigenvalue weighted by molar-refractivity contribution is 7.89. The van der Waals surface area contributed by atoms with Gasteiger partial charge in [-0.05, 0) is 35.2 Å². The largest absolute Gasteiger partial charge is 0.351 e. The number of carbonyl (C=O) groups excluding carboxylic acids is 1. The second-order valence-corrected chi connectivity index (χ2v) is 9.81. The Labute approximate surface area is 167 Å². The van der Waals surface area contributed by atoms with E-state index in [1.165, 1.54) is 4.31 Å². The first-order chi connectivity index (χ1) is 13.4. The Kier molecular flexibility index (Phi) is 6.69. The maximum atomic E-state index is 13.0. The Balaban J connectivity index is 1.56. The third kappa shape index (κ3) is 5.10. The van der Waals surface area contributed by atoms with Crippen molar-refractivity contribution in [1.29, 1.82) is 0 Å². The van der Waals surface area contributed by atoms with Gasteiger partial charge in [-0.25, -0.2) is 8.42 Å². The zero-order valence-corrected chi connectivity index (χ0v) is 17.5. The van der Waals surface area contributed by atoms with Gasteiger partial charge in [0.15, 0.2) is 6.54 Å². The fourth-order valence-corrected chi connectivity index (χ4v) is 4.96. The van der Waals surface area contributed by atoms with E-state index in [-0.39, 0.29) is 5.91 Å². The standard InChI is InChI=1S/C21H29N3O3S/c1-17(2)9-10-22-21(25)16-23-11-13-24(14-12-23)28(26,27)20-8-7-18-5-3-4-6-19(18)15-20/h3-8,15,17H,9-14,16H2,1-2H3,(H,22,25)/p+1. The lowest BCUT2D eigenvalue weighted by Crippen LogP contribution is -3.15. The first-order valence-electron chi connectivity index (χ1n) is 9.95. The van der Waals surface area contributed by atoms with E-state index >= 15 is 0 Å². The molecule has 0 bridgehead atoms. The molecule has 1 saturated heterocycles. The molecular formula is C21H30N3O3S+. The Morgan fingerprint density at radius 1 is 1.11 bits per heavy atom. The summed E-state index contributed by atoms with van der Waals surface area (Å²) in [5, 5.41) is 4.90. The van der Waals surface area contributed by atoms with Crippen LogP contribution in [0, 0.1) is 5.92 Å². The molecule has 6 nitrogen and oxygen atoms in total. The SMILES string of the molecule is CC(C)CCNC(=O)C[NH+]1CCN(S(=O)(=O)c2ccc3ccccc3c2)CC1. The van der Waals surface area contributed by atoms with Gasteiger partial charge in [0.1, 0.15) is 0 Å². The monoisotopic (exact) mass is 404 g/mol. The van der Waals surface area contributed by atoms with Crippen molar-refractivity contribution in [3.8, 4) is 0 Å². The average molecular weight is 405 g/mol. The van der Waals surface area contributed by atoms with Crippen LogP contribution >= 0.6 is 0 Å². The molecule has 0 spiro atoms. The van der Waals surface area contributed by atoms with Gasteiger partial charge in [0.25, 0.3) is 5.91 Å². The summed E-state index contributed by atoms with van der Waals surface area (Å²) < 4.78 is 27.5. The minimum absolute atomic E-state index is 0.0430. The number of hydrogen-bond donors (Lipinski definition) is 2. The van der Waals surface area contributed by atoms with Crippen LogP contribution in [0.4, 0.5) is 0 Å². The fraction of sp³-hybridized carbons (Fsp3) is 0.476. The molecule has 1 aliphatic rings. The molecule has 3 rings (SSSR count). The molecule has 28 heavy (non-hydrogen) atoms. The second kappa shape index (κ2) is 9.03. The van der Waals surface area contributed by atoms with Crippen molar-refractivity contribution in [2.75, 3.05) is 39.3 Å². The summed E-state index contributed by atoms with van der Waals surface area (Å²) in [6.07, 6.45) is 0.971. The predicted octanol–water partition coefficient (Wildman–Crippen LogP) is 0.891. The number of quaternary nitrogens is 1. The van der Waals surface area contributed by atoms with Gasteiger partial charge in [0.05, 0.1) is 31.1 Å². The number of piperazine rings is 1. The summed E-state index contributed by atoms with van der Waals surface area (Å²) in [5.74, 6) is 0.609. The highest BCUT2D eigenvalue weighted by atomic mass is 32.2. The van der Waals surface area contributed by atoms with Crippen molar-refractivity contribution in [3.63, 3.8) is 0 Å². The summed E-state index contributed by atoms with van der Waals surface area (Å²) >= 11 is 0. The molecule has 1 aliphatic heterocycles. The van der Waals surface area contributed by atoms with Crippen LogP contribution in [0.25, 0.3) is 10.8 Å². The van der Waals surface area contributed by atoms with Gasteiger partial charge in [-0.1, -0.05) is 44.2 Å². The molecule has 1 heterocycles. The van der Waals surface area contributed by atoms with Crippen molar-refractivity contribution >= 4 is 26.7 Å².